The molecule has 0 radical (unpaired) electrons. The number of carboxylic acids is 1. The number of nitrogens with one attached hydrogen (secondary N) is 2. The Morgan fingerprint density at radius 1 is 1.40 bits per heavy atom. The molecule has 5 heteroatoms. The molecule has 15 heavy (non-hydrogen) atoms. The summed E-state index contributed by atoms with van der Waals surface area (Å²) in [5.41, 5.74) is 0. The summed E-state index contributed by atoms with van der Waals surface area (Å²) in [6.45, 7) is 0.621. The van der Waals surface area contributed by atoms with Crippen LogP contribution in [0.4, 0.5) is 0 Å². The summed E-state index contributed by atoms with van der Waals surface area (Å²) >= 11 is 0. The molecule has 0 heterocycles. The predicted octanol–water partition coefficient (Wildman–Crippen LogP) is -0.0346. The lowest BCUT2D eigenvalue weighted by molar-refractivity contribution is -0.142. The minimum absolute atomic E-state index is 0.0671. The zero-order valence-electron chi connectivity index (χ0n) is 8.95. The van der Waals surface area contributed by atoms with Crippen LogP contribution in [0.3, 0.4) is 0 Å². The maximum atomic E-state index is 11.4. The first-order valence-corrected chi connectivity index (χ1v) is 5.32. The number of aliphatic carboxylic acids is 1. The van der Waals surface area contributed by atoms with E-state index in [1.165, 1.54) is 0 Å². The third kappa shape index (κ3) is 3.51. The summed E-state index contributed by atoms with van der Waals surface area (Å²) in [6.07, 6.45) is 2.74. The molecule has 0 spiro atoms. The molecular formula is C10H18N2O3. The van der Waals surface area contributed by atoms with Crippen LogP contribution in [0, 0.1) is 5.92 Å². The van der Waals surface area contributed by atoms with Gasteiger partial charge in [0.05, 0.1) is 5.92 Å². The molecule has 0 aromatic heterocycles. The molecule has 1 rings (SSSR count). The summed E-state index contributed by atoms with van der Waals surface area (Å²) in [7, 11) is 1.78. The van der Waals surface area contributed by atoms with Crippen molar-refractivity contribution in [2.45, 2.75) is 31.7 Å². The molecule has 3 N–H and O–H groups in total. The minimum atomic E-state index is -0.800. The number of hydrogen-bond acceptors (Lipinski definition) is 3. The smallest absolute Gasteiger partial charge is 0.308 e. The highest BCUT2D eigenvalue weighted by Gasteiger charge is 2.33. The third-order valence-electron chi connectivity index (χ3n) is 2.78. The van der Waals surface area contributed by atoms with Crippen LogP contribution in [0.15, 0.2) is 0 Å². The van der Waals surface area contributed by atoms with E-state index in [4.69, 9.17) is 5.11 Å². The highest BCUT2D eigenvalue weighted by molar-refractivity contribution is 5.78. The average molecular weight is 214 g/mol. The maximum Gasteiger partial charge on any atom is 0.308 e. The van der Waals surface area contributed by atoms with E-state index >= 15 is 0 Å². The van der Waals surface area contributed by atoms with E-state index in [0.29, 0.717) is 19.4 Å². The molecule has 0 aliphatic heterocycles. The largest absolute Gasteiger partial charge is 0.481 e. The summed E-state index contributed by atoms with van der Waals surface area (Å²) in [4.78, 5) is 22.2. The van der Waals surface area contributed by atoms with Crippen LogP contribution < -0.4 is 10.6 Å². The van der Waals surface area contributed by atoms with Crippen molar-refractivity contribution in [2.75, 3.05) is 13.6 Å². The second-order valence-electron chi connectivity index (χ2n) is 3.90. The minimum Gasteiger partial charge on any atom is -0.481 e. The zero-order chi connectivity index (χ0) is 11.3. The number of hydrogen-bond donors (Lipinski definition) is 3. The Balaban J connectivity index is 2.36. The van der Waals surface area contributed by atoms with Crippen LogP contribution in [-0.2, 0) is 9.59 Å². The second-order valence-corrected chi connectivity index (χ2v) is 3.90. The molecule has 0 aromatic carbocycles. The molecule has 1 fully saturated rings. The van der Waals surface area contributed by atoms with E-state index in [0.717, 1.165) is 12.8 Å². The van der Waals surface area contributed by atoms with Crippen LogP contribution in [0.25, 0.3) is 0 Å². The number of rotatable bonds is 5. The van der Waals surface area contributed by atoms with E-state index in [-0.39, 0.29) is 11.9 Å². The van der Waals surface area contributed by atoms with Gasteiger partial charge in [0.1, 0.15) is 0 Å². The van der Waals surface area contributed by atoms with Crippen LogP contribution in [0.1, 0.15) is 25.7 Å². The van der Waals surface area contributed by atoms with Gasteiger partial charge in [0, 0.05) is 19.0 Å². The van der Waals surface area contributed by atoms with Gasteiger partial charge in [0.25, 0.3) is 0 Å². The molecule has 5 nitrogen and oxygen atoms in total. The van der Waals surface area contributed by atoms with Gasteiger partial charge in [-0.25, -0.2) is 0 Å². The Hall–Kier alpha value is -1.10. The Bertz CT molecular complexity index is 243. The van der Waals surface area contributed by atoms with Gasteiger partial charge in [0.2, 0.25) is 5.91 Å². The Morgan fingerprint density at radius 2 is 2.13 bits per heavy atom. The monoisotopic (exact) mass is 214 g/mol. The molecule has 0 aromatic rings. The van der Waals surface area contributed by atoms with Gasteiger partial charge in [-0.15, -0.1) is 0 Å². The normalized spacial score (nSPS) is 25.1. The van der Waals surface area contributed by atoms with Crippen LogP contribution in [-0.4, -0.2) is 36.6 Å². The molecule has 86 valence electrons. The van der Waals surface area contributed by atoms with Crippen LogP contribution >= 0.6 is 0 Å². The molecule has 2 atom stereocenters. The molecule has 2 unspecified atom stereocenters. The van der Waals surface area contributed by atoms with Crippen molar-refractivity contribution in [3.8, 4) is 0 Å². The Labute approximate surface area is 89.2 Å². The van der Waals surface area contributed by atoms with Gasteiger partial charge < -0.3 is 15.7 Å². The van der Waals surface area contributed by atoms with Crippen molar-refractivity contribution in [3.05, 3.63) is 0 Å². The quantitative estimate of drug-likeness (QED) is 0.600. The first-order valence-electron chi connectivity index (χ1n) is 5.32. The van der Waals surface area contributed by atoms with Gasteiger partial charge in [-0.2, -0.15) is 0 Å². The molecular weight excluding hydrogens is 196 g/mol. The van der Waals surface area contributed by atoms with Crippen molar-refractivity contribution < 1.29 is 14.7 Å². The summed E-state index contributed by atoms with van der Waals surface area (Å²) in [6, 6.07) is -0.174. The average Bonchev–Trinajstić information content (AvgIpc) is 2.62. The van der Waals surface area contributed by atoms with Crippen LogP contribution in [0.2, 0.25) is 0 Å². The van der Waals surface area contributed by atoms with E-state index in [9.17, 15) is 9.59 Å². The van der Waals surface area contributed by atoms with Gasteiger partial charge in [0.15, 0.2) is 0 Å². The zero-order valence-corrected chi connectivity index (χ0v) is 8.95. The van der Waals surface area contributed by atoms with Gasteiger partial charge in [-0.05, 0) is 19.9 Å². The second kappa shape index (κ2) is 5.70. The van der Waals surface area contributed by atoms with E-state index in [1.54, 1.807) is 7.05 Å². The van der Waals surface area contributed by atoms with Gasteiger partial charge in [-0.3, -0.25) is 9.59 Å². The standard InChI is InChI=1S/C10H18N2O3/c1-11-6-5-9(13)12-8-4-2-3-7(8)10(14)15/h7-8,11H,2-6H2,1H3,(H,12,13)(H,14,15). The number of carboxylic acid groups (broad SMARTS) is 1. The number of amides is 1. The summed E-state index contributed by atoms with van der Waals surface area (Å²) in [5.74, 6) is -1.27. The summed E-state index contributed by atoms with van der Waals surface area (Å²) < 4.78 is 0. The highest BCUT2D eigenvalue weighted by atomic mass is 16.4. The lowest BCUT2D eigenvalue weighted by Gasteiger charge is -2.17. The van der Waals surface area contributed by atoms with Crippen molar-refractivity contribution >= 4 is 11.9 Å². The first kappa shape index (κ1) is 12.0. The SMILES string of the molecule is CNCCC(=O)NC1CCCC1C(=O)O. The highest BCUT2D eigenvalue weighted by Crippen LogP contribution is 2.25. The Morgan fingerprint density at radius 3 is 2.73 bits per heavy atom. The molecule has 1 aliphatic rings. The fourth-order valence-electron chi connectivity index (χ4n) is 1.95. The molecule has 1 saturated carbocycles. The molecule has 0 saturated heterocycles. The lowest BCUT2D eigenvalue weighted by atomic mass is 10.0. The molecule has 0 bridgehead atoms. The van der Waals surface area contributed by atoms with Crippen molar-refractivity contribution in [2.24, 2.45) is 5.92 Å². The topological polar surface area (TPSA) is 78.4 Å². The fraction of sp³-hybridized carbons (Fsp3) is 0.800. The van der Waals surface area contributed by atoms with Gasteiger partial charge >= 0.3 is 5.97 Å². The lowest BCUT2D eigenvalue weighted by Crippen LogP contribution is -2.40. The predicted molar refractivity (Wildman–Crippen MR) is 55.5 cm³/mol. The molecule has 1 amide bonds. The molecule has 1 aliphatic carbocycles. The van der Waals surface area contributed by atoms with Gasteiger partial charge in [-0.1, -0.05) is 6.42 Å². The number of carbonyl (C=O) groups excluding carboxylic acids is 1. The van der Waals surface area contributed by atoms with E-state index in [2.05, 4.69) is 10.6 Å². The Kier molecular flexibility index (Phi) is 4.55. The third-order valence-corrected chi connectivity index (χ3v) is 2.78. The van der Waals surface area contributed by atoms with Crippen molar-refractivity contribution in [1.29, 1.82) is 0 Å². The van der Waals surface area contributed by atoms with Crippen LogP contribution in [0.5, 0.6) is 0 Å². The van der Waals surface area contributed by atoms with E-state index in [1.807, 2.05) is 0 Å². The van der Waals surface area contributed by atoms with Crippen molar-refractivity contribution in [1.82, 2.24) is 10.6 Å². The first-order chi connectivity index (χ1) is 7.15. The van der Waals surface area contributed by atoms with Crippen molar-refractivity contribution in [3.63, 3.8) is 0 Å². The van der Waals surface area contributed by atoms with E-state index < -0.39 is 11.9 Å². The maximum absolute atomic E-state index is 11.4. The summed E-state index contributed by atoms with van der Waals surface area (Å²) in [5, 5.41) is 14.6. The fourth-order valence-corrected chi connectivity index (χ4v) is 1.95. The number of carbonyl (C=O) groups is 2.